The highest BCUT2D eigenvalue weighted by Gasteiger charge is 2.05. The topological polar surface area (TPSA) is 93.4 Å². The van der Waals surface area contributed by atoms with Gasteiger partial charge in [-0.25, -0.2) is 0 Å². The maximum atomic E-state index is 12.0. The second-order valence-corrected chi connectivity index (χ2v) is 4.81. The Bertz CT molecular complexity index is 701. The van der Waals surface area contributed by atoms with E-state index in [1.165, 1.54) is 0 Å². The van der Waals surface area contributed by atoms with Crippen molar-refractivity contribution in [3.63, 3.8) is 0 Å². The number of hydrogen-bond donors (Lipinski definition) is 3. The number of primary amides is 1. The fraction of sp³-hybridized carbons (Fsp3) is 0.176. The molecule has 0 heterocycles. The Hall–Kier alpha value is -3.02. The van der Waals surface area contributed by atoms with Gasteiger partial charge in [-0.2, -0.15) is 0 Å². The van der Waals surface area contributed by atoms with Gasteiger partial charge in [-0.15, -0.1) is 0 Å². The zero-order chi connectivity index (χ0) is 16.7. The average molecular weight is 313 g/mol. The molecular formula is C17H19N3O3. The highest BCUT2D eigenvalue weighted by molar-refractivity contribution is 5.95. The zero-order valence-corrected chi connectivity index (χ0v) is 12.8. The first-order valence-electron chi connectivity index (χ1n) is 7.25. The van der Waals surface area contributed by atoms with Crippen molar-refractivity contribution in [3.8, 4) is 5.75 Å². The minimum Gasteiger partial charge on any atom is -0.494 e. The maximum Gasteiger partial charge on any atom is 0.248 e. The second-order valence-electron chi connectivity index (χ2n) is 4.81. The standard InChI is InChI=1S/C17H19N3O3/c1-2-23-15-8-4-7-14(10-15)20-16(21)11-19-13-6-3-5-12(9-13)17(18)22/h3-10,19H,2,11H2,1H3,(H2,18,22)(H,20,21). The Morgan fingerprint density at radius 3 is 2.57 bits per heavy atom. The first-order chi connectivity index (χ1) is 11.1. The van der Waals surface area contributed by atoms with Crippen LogP contribution in [0.25, 0.3) is 0 Å². The van der Waals surface area contributed by atoms with Crippen LogP contribution in [0, 0.1) is 0 Å². The zero-order valence-electron chi connectivity index (χ0n) is 12.8. The first-order valence-corrected chi connectivity index (χ1v) is 7.25. The minimum absolute atomic E-state index is 0.0705. The van der Waals surface area contributed by atoms with Gasteiger partial charge in [-0.3, -0.25) is 9.59 Å². The molecule has 6 heteroatoms. The number of amides is 2. The van der Waals surface area contributed by atoms with Gasteiger partial charge in [-0.1, -0.05) is 12.1 Å². The van der Waals surface area contributed by atoms with Crippen LogP contribution >= 0.6 is 0 Å². The fourth-order valence-corrected chi connectivity index (χ4v) is 2.00. The molecule has 4 N–H and O–H groups in total. The van der Waals surface area contributed by atoms with Gasteiger partial charge in [0.1, 0.15) is 5.75 Å². The van der Waals surface area contributed by atoms with Crippen LogP contribution in [0.4, 0.5) is 11.4 Å². The molecule has 0 radical (unpaired) electrons. The Kier molecular flexibility index (Phi) is 5.57. The number of hydrogen-bond acceptors (Lipinski definition) is 4. The molecule has 0 bridgehead atoms. The maximum absolute atomic E-state index is 12.0. The summed E-state index contributed by atoms with van der Waals surface area (Å²) in [5.74, 6) is -0.0126. The summed E-state index contributed by atoms with van der Waals surface area (Å²) in [6.45, 7) is 2.53. The minimum atomic E-state index is -0.508. The van der Waals surface area contributed by atoms with Crippen LogP contribution in [0.2, 0.25) is 0 Å². The molecule has 6 nitrogen and oxygen atoms in total. The van der Waals surface area contributed by atoms with Crippen molar-refractivity contribution in [2.24, 2.45) is 5.73 Å². The van der Waals surface area contributed by atoms with E-state index in [-0.39, 0.29) is 12.5 Å². The van der Waals surface area contributed by atoms with Gasteiger partial charge in [0, 0.05) is 23.0 Å². The van der Waals surface area contributed by atoms with Crippen molar-refractivity contribution >= 4 is 23.2 Å². The van der Waals surface area contributed by atoms with Crippen molar-refractivity contribution in [3.05, 3.63) is 54.1 Å². The van der Waals surface area contributed by atoms with Crippen LogP contribution in [-0.2, 0) is 4.79 Å². The number of anilines is 2. The van der Waals surface area contributed by atoms with Crippen LogP contribution in [-0.4, -0.2) is 25.0 Å². The number of rotatable bonds is 7. The molecular weight excluding hydrogens is 294 g/mol. The molecule has 2 aromatic carbocycles. The Morgan fingerprint density at radius 1 is 1.09 bits per heavy atom. The number of carbonyl (C=O) groups excluding carboxylic acids is 2. The van der Waals surface area contributed by atoms with Gasteiger partial charge in [0.2, 0.25) is 11.8 Å². The Balaban J connectivity index is 1.91. The first kappa shape index (κ1) is 16.4. The summed E-state index contributed by atoms with van der Waals surface area (Å²) in [5, 5.41) is 5.72. The predicted octanol–water partition coefficient (Wildman–Crippen LogP) is 2.23. The van der Waals surface area contributed by atoms with E-state index in [2.05, 4.69) is 10.6 Å². The number of nitrogens with one attached hydrogen (secondary N) is 2. The molecule has 2 amide bonds. The van der Waals surface area contributed by atoms with E-state index in [0.717, 1.165) is 0 Å². The number of benzene rings is 2. The van der Waals surface area contributed by atoms with E-state index in [4.69, 9.17) is 10.5 Å². The van der Waals surface area contributed by atoms with Crippen LogP contribution in [0.15, 0.2) is 48.5 Å². The molecule has 0 atom stereocenters. The molecule has 0 unspecified atom stereocenters. The predicted molar refractivity (Wildman–Crippen MR) is 89.7 cm³/mol. The largest absolute Gasteiger partial charge is 0.494 e. The van der Waals surface area contributed by atoms with Gasteiger partial charge in [0.25, 0.3) is 0 Å². The molecule has 0 saturated carbocycles. The lowest BCUT2D eigenvalue weighted by Gasteiger charge is -2.10. The third-order valence-electron chi connectivity index (χ3n) is 3.03. The fourth-order valence-electron chi connectivity index (χ4n) is 2.00. The number of ether oxygens (including phenoxy) is 1. The summed E-state index contributed by atoms with van der Waals surface area (Å²) < 4.78 is 5.38. The quantitative estimate of drug-likeness (QED) is 0.730. The highest BCUT2D eigenvalue weighted by atomic mass is 16.5. The normalized spacial score (nSPS) is 9.96. The lowest BCUT2D eigenvalue weighted by Crippen LogP contribution is -2.22. The monoisotopic (exact) mass is 313 g/mol. The molecule has 0 saturated heterocycles. The lowest BCUT2D eigenvalue weighted by molar-refractivity contribution is -0.114. The molecule has 2 rings (SSSR count). The molecule has 120 valence electrons. The van der Waals surface area contributed by atoms with E-state index in [1.54, 1.807) is 36.4 Å². The SMILES string of the molecule is CCOc1cccc(NC(=O)CNc2cccc(C(N)=O)c2)c1. The van der Waals surface area contributed by atoms with Crippen molar-refractivity contribution in [2.75, 3.05) is 23.8 Å². The van der Waals surface area contributed by atoms with Gasteiger partial charge >= 0.3 is 0 Å². The van der Waals surface area contributed by atoms with Crippen LogP contribution in [0.5, 0.6) is 5.75 Å². The molecule has 0 aliphatic rings. The van der Waals surface area contributed by atoms with E-state index in [9.17, 15) is 9.59 Å². The van der Waals surface area contributed by atoms with E-state index in [0.29, 0.717) is 29.3 Å². The molecule has 0 aromatic heterocycles. The Labute approximate surface area is 134 Å². The summed E-state index contributed by atoms with van der Waals surface area (Å²) in [5.41, 5.74) is 6.92. The lowest BCUT2D eigenvalue weighted by atomic mass is 10.2. The smallest absolute Gasteiger partial charge is 0.248 e. The molecule has 0 spiro atoms. The molecule has 0 fully saturated rings. The van der Waals surface area contributed by atoms with E-state index >= 15 is 0 Å². The summed E-state index contributed by atoms with van der Waals surface area (Å²) in [6, 6.07) is 13.9. The van der Waals surface area contributed by atoms with E-state index in [1.807, 2.05) is 19.1 Å². The van der Waals surface area contributed by atoms with Crippen molar-refractivity contribution in [2.45, 2.75) is 6.92 Å². The van der Waals surface area contributed by atoms with Crippen LogP contribution in [0.3, 0.4) is 0 Å². The van der Waals surface area contributed by atoms with Gasteiger partial charge < -0.3 is 21.1 Å². The highest BCUT2D eigenvalue weighted by Crippen LogP contribution is 2.17. The van der Waals surface area contributed by atoms with Crippen LogP contribution in [0.1, 0.15) is 17.3 Å². The molecule has 23 heavy (non-hydrogen) atoms. The van der Waals surface area contributed by atoms with Gasteiger partial charge in [0.05, 0.1) is 13.2 Å². The van der Waals surface area contributed by atoms with Gasteiger partial charge in [-0.05, 0) is 37.3 Å². The summed E-state index contributed by atoms with van der Waals surface area (Å²) >= 11 is 0. The number of nitrogens with two attached hydrogens (primary N) is 1. The summed E-state index contributed by atoms with van der Waals surface area (Å²) in [7, 11) is 0. The summed E-state index contributed by atoms with van der Waals surface area (Å²) in [6.07, 6.45) is 0. The molecule has 2 aromatic rings. The van der Waals surface area contributed by atoms with Crippen molar-refractivity contribution in [1.29, 1.82) is 0 Å². The van der Waals surface area contributed by atoms with Gasteiger partial charge in [0.15, 0.2) is 0 Å². The van der Waals surface area contributed by atoms with Crippen molar-refractivity contribution in [1.82, 2.24) is 0 Å². The van der Waals surface area contributed by atoms with Crippen LogP contribution < -0.4 is 21.1 Å². The summed E-state index contributed by atoms with van der Waals surface area (Å²) in [4.78, 5) is 23.1. The van der Waals surface area contributed by atoms with E-state index < -0.39 is 5.91 Å². The average Bonchev–Trinajstić information content (AvgIpc) is 2.54. The molecule has 0 aliphatic heterocycles. The van der Waals surface area contributed by atoms with Crippen molar-refractivity contribution < 1.29 is 14.3 Å². The Morgan fingerprint density at radius 2 is 1.83 bits per heavy atom. The second kappa shape index (κ2) is 7.84. The third kappa shape index (κ3) is 5.03. The number of carbonyl (C=O) groups is 2. The third-order valence-corrected chi connectivity index (χ3v) is 3.03. The molecule has 0 aliphatic carbocycles.